The average Bonchev–Trinajstić information content (AvgIpc) is 3.16. The van der Waals surface area contributed by atoms with Crippen LogP contribution < -0.4 is 11.1 Å². The Hall–Kier alpha value is -2.36. The van der Waals surface area contributed by atoms with Gasteiger partial charge in [-0.3, -0.25) is 0 Å². The molecule has 0 aliphatic carbocycles. The van der Waals surface area contributed by atoms with Gasteiger partial charge in [0.05, 0.1) is 6.26 Å². The van der Waals surface area contributed by atoms with Gasteiger partial charge in [-0.25, -0.2) is 0 Å². The number of aromatic nitrogens is 2. The second kappa shape index (κ2) is 6.27. The molecular weight excluding hydrogens is 372 g/mol. The average molecular weight is 383 g/mol. The van der Waals surface area contributed by atoms with E-state index in [-0.39, 0.29) is 27.0 Å². The minimum Gasteiger partial charge on any atom is -0.451 e. The number of furan rings is 1. The number of nitrogens with zero attached hydrogens (tertiary/aromatic N) is 2. The third-order valence-corrected chi connectivity index (χ3v) is 5.01. The number of thiocarbonyl (C=S) groups is 1. The van der Waals surface area contributed by atoms with Crippen LogP contribution in [-0.4, -0.2) is 22.5 Å². The van der Waals surface area contributed by atoms with Crippen LogP contribution in [0.2, 0.25) is 5.15 Å². The quantitative estimate of drug-likeness (QED) is 0.668. The smallest absolute Gasteiger partial charge is 0.304 e. The monoisotopic (exact) mass is 382 g/mol. The summed E-state index contributed by atoms with van der Waals surface area (Å²) in [6.45, 7) is 0. The number of anilines is 1. The molecule has 0 saturated heterocycles. The van der Waals surface area contributed by atoms with E-state index in [0.717, 1.165) is 3.97 Å². The fourth-order valence-electron chi connectivity index (χ4n) is 2.14. The first-order valence-corrected chi connectivity index (χ1v) is 8.83. The molecule has 124 valence electrons. The van der Waals surface area contributed by atoms with E-state index in [4.69, 9.17) is 34.0 Å². The summed E-state index contributed by atoms with van der Waals surface area (Å²) < 4.78 is 31.9. The summed E-state index contributed by atoms with van der Waals surface area (Å²) in [5.41, 5.74) is 6.19. The highest BCUT2D eigenvalue weighted by Crippen LogP contribution is 2.34. The Morgan fingerprint density at radius 2 is 1.96 bits per heavy atom. The van der Waals surface area contributed by atoms with Crippen LogP contribution in [-0.2, 0) is 10.0 Å². The van der Waals surface area contributed by atoms with E-state index >= 15 is 0 Å². The van der Waals surface area contributed by atoms with Crippen molar-refractivity contribution in [1.29, 1.82) is 0 Å². The standard InChI is InChI=1S/C14H11ClN4O3S2/c15-12-11(9-5-2-1-3-6-9)19(14(17-12)18-13(16)23)24(20,21)10-7-4-8-22-10/h1-8H,(H3,16,17,18,23). The number of hydrogen-bond donors (Lipinski definition) is 2. The molecule has 0 radical (unpaired) electrons. The number of nitrogens with one attached hydrogen (secondary N) is 1. The minimum atomic E-state index is -4.10. The molecule has 0 spiro atoms. The van der Waals surface area contributed by atoms with Gasteiger partial charge in [0.25, 0.3) is 0 Å². The van der Waals surface area contributed by atoms with Gasteiger partial charge in [0.1, 0.15) is 5.69 Å². The van der Waals surface area contributed by atoms with Crippen LogP contribution in [0.25, 0.3) is 11.3 Å². The van der Waals surface area contributed by atoms with Gasteiger partial charge in [0.15, 0.2) is 10.3 Å². The van der Waals surface area contributed by atoms with E-state index < -0.39 is 10.0 Å². The van der Waals surface area contributed by atoms with Gasteiger partial charge >= 0.3 is 10.0 Å². The van der Waals surface area contributed by atoms with E-state index in [0.29, 0.717) is 5.56 Å². The lowest BCUT2D eigenvalue weighted by Gasteiger charge is -2.11. The van der Waals surface area contributed by atoms with Crippen molar-refractivity contribution in [3.8, 4) is 11.3 Å². The number of halogens is 1. The zero-order valence-corrected chi connectivity index (χ0v) is 14.4. The summed E-state index contributed by atoms with van der Waals surface area (Å²) in [6.07, 6.45) is 1.26. The third-order valence-electron chi connectivity index (χ3n) is 3.07. The Labute approximate surface area is 148 Å². The van der Waals surface area contributed by atoms with Crippen molar-refractivity contribution >= 4 is 44.9 Å². The highest BCUT2D eigenvalue weighted by Gasteiger charge is 2.30. The molecule has 0 saturated carbocycles. The van der Waals surface area contributed by atoms with Crippen LogP contribution in [0.4, 0.5) is 5.95 Å². The van der Waals surface area contributed by atoms with Crippen molar-refractivity contribution in [2.45, 2.75) is 5.09 Å². The van der Waals surface area contributed by atoms with Crippen LogP contribution in [0.15, 0.2) is 58.2 Å². The van der Waals surface area contributed by atoms with Crippen LogP contribution in [0.5, 0.6) is 0 Å². The molecule has 3 rings (SSSR count). The van der Waals surface area contributed by atoms with Gasteiger partial charge in [-0.2, -0.15) is 17.4 Å². The molecule has 0 atom stereocenters. The summed E-state index contributed by atoms with van der Waals surface area (Å²) >= 11 is 11.0. The molecule has 0 amide bonds. The fourth-order valence-corrected chi connectivity index (χ4v) is 3.91. The van der Waals surface area contributed by atoms with Crippen molar-refractivity contribution in [2.75, 3.05) is 5.32 Å². The Morgan fingerprint density at radius 1 is 1.25 bits per heavy atom. The fraction of sp³-hybridized carbons (Fsp3) is 0. The first kappa shape index (κ1) is 16.5. The number of imidazole rings is 1. The molecule has 0 aliphatic rings. The lowest BCUT2D eigenvalue weighted by molar-refractivity contribution is 0.447. The minimum absolute atomic E-state index is 0.0184. The zero-order valence-electron chi connectivity index (χ0n) is 12.0. The molecule has 3 aromatic rings. The summed E-state index contributed by atoms with van der Waals surface area (Å²) in [4.78, 5) is 4.03. The van der Waals surface area contributed by atoms with Gasteiger partial charge in [-0.1, -0.05) is 41.9 Å². The first-order valence-electron chi connectivity index (χ1n) is 6.60. The normalized spacial score (nSPS) is 11.4. The molecule has 3 N–H and O–H groups in total. The second-order valence-electron chi connectivity index (χ2n) is 4.63. The predicted molar refractivity (Wildman–Crippen MR) is 94.4 cm³/mol. The van der Waals surface area contributed by atoms with E-state index in [1.165, 1.54) is 18.4 Å². The van der Waals surface area contributed by atoms with E-state index in [2.05, 4.69) is 10.3 Å². The van der Waals surface area contributed by atoms with Gasteiger partial charge in [0, 0.05) is 5.56 Å². The molecule has 2 aromatic heterocycles. The van der Waals surface area contributed by atoms with Crippen LogP contribution >= 0.6 is 23.8 Å². The van der Waals surface area contributed by atoms with E-state index in [1.54, 1.807) is 30.3 Å². The number of benzene rings is 1. The zero-order chi connectivity index (χ0) is 17.3. The van der Waals surface area contributed by atoms with Crippen molar-refractivity contribution < 1.29 is 12.8 Å². The predicted octanol–water partition coefficient (Wildman–Crippen LogP) is 2.69. The van der Waals surface area contributed by atoms with Crippen molar-refractivity contribution in [2.24, 2.45) is 5.73 Å². The molecule has 10 heteroatoms. The molecule has 0 unspecified atom stereocenters. The lowest BCUT2D eigenvalue weighted by Crippen LogP contribution is -2.24. The van der Waals surface area contributed by atoms with Crippen LogP contribution in [0.1, 0.15) is 0 Å². The van der Waals surface area contributed by atoms with E-state index in [1.807, 2.05) is 0 Å². The maximum absolute atomic E-state index is 13.0. The highest BCUT2D eigenvalue weighted by atomic mass is 35.5. The summed E-state index contributed by atoms with van der Waals surface area (Å²) in [5.74, 6) is -0.122. The number of hydrogen-bond acceptors (Lipinski definition) is 5. The first-order chi connectivity index (χ1) is 11.4. The van der Waals surface area contributed by atoms with Gasteiger partial charge < -0.3 is 15.5 Å². The maximum Gasteiger partial charge on any atom is 0.304 e. The molecule has 2 heterocycles. The van der Waals surface area contributed by atoms with Crippen molar-refractivity contribution in [3.05, 3.63) is 53.9 Å². The highest BCUT2D eigenvalue weighted by molar-refractivity contribution is 7.90. The Morgan fingerprint density at radius 3 is 2.54 bits per heavy atom. The summed E-state index contributed by atoms with van der Waals surface area (Å²) in [7, 11) is -4.10. The molecule has 7 nitrogen and oxygen atoms in total. The molecular formula is C14H11ClN4O3S2. The summed E-state index contributed by atoms with van der Waals surface area (Å²) in [5, 5.41) is 2.10. The lowest BCUT2D eigenvalue weighted by atomic mass is 10.2. The number of rotatable bonds is 4. The Balaban J connectivity index is 2.31. The van der Waals surface area contributed by atoms with Gasteiger partial charge in [0.2, 0.25) is 11.0 Å². The van der Waals surface area contributed by atoms with E-state index in [9.17, 15) is 8.42 Å². The van der Waals surface area contributed by atoms with Gasteiger partial charge in [-0.05, 0) is 24.4 Å². The molecule has 0 bridgehead atoms. The maximum atomic E-state index is 13.0. The Bertz CT molecular complexity index is 983. The second-order valence-corrected chi connectivity index (χ2v) is 7.15. The molecule has 1 aromatic carbocycles. The van der Waals surface area contributed by atoms with Crippen LogP contribution in [0, 0.1) is 0 Å². The van der Waals surface area contributed by atoms with Crippen LogP contribution in [0.3, 0.4) is 0 Å². The van der Waals surface area contributed by atoms with Crippen molar-refractivity contribution in [3.63, 3.8) is 0 Å². The molecule has 24 heavy (non-hydrogen) atoms. The third kappa shape index (κ3) is 2.88. The summed E-state index contributed by atoms with van der Waals surface area (Å²) in [6, 6.07) is 11.5. The topological polar surface area (TPSA) is 103 Å². The van der Waals surface area contributed by atoms with Crippen molar-refractivity contribution in [1.82, 2.24) is 8.96 Å². The SMILES string of the molecule is NC(=S)Nc1nc(Cl)c(-c2ccccc2)n1S(=O)(=O)c1ccco1. The number of nitrogens with two attached hydrogens (primary N) is 1. The van der Waals surface area contributed by atoms with Gasteiger partial charge in [-0.15, -0.1) is 0 Å². The molecule has 0 aliphatic heterocycles. The molecule has 0 fully saturated rings. The Kier molecular flexibility index (Phi) is 4.31. The largest absolute Gasteiger partial charge is 0.451 e.